The van der Waals surface area contributed by atoms with Crippen LogP contribution in [0.25, 0.3) is 0 Å². The fraction of sp³-hybridized carbons (Fsp3) is 0.533. The molecular weight excluding hydrogens is 320 g/mol. The lowest BCUT2D eigenvalue weighted by atomic mass is 10.2. The SMILES string of the molecule is N#Cc1cc(Br)ccc1NCC(O)COC1CCCC1. The number of hydrogen-bond donors (Lipinski definition) is 2. The van der Waals surface area contributed by atoms with Crippen LogP contribution in [-0.2, 0) is 4.74 Å². The van der Waals surface area contributed by atoms with Gasteiger partial charge in [0.2, 0.25) is 0 Å². The average molecular weight is 339 g/mol. The molecule has 1 fully saturated rings. The molecule has 1 saturated carbocycles. The van der Waals surface area contributed by atoms with Gasteiger partial charge >= 0.3 is 0 Å². The second-order valence-electron chi connectivity index (χ2n) is 5.08. The van der Waals surface area contributed by atoms with E-state index in [-0.39, 0.29) is 0 Å². The third-order valence-corrected chi connectivity index (χ3v) is 3.95. The summed E-state index contributed by atoms with van der Waals surface area (Å²) in [5.74, 6) is 0. The van der Waals surface area contributed by atoms with E-state index in [1.165, 1.54) is 12.8 Å². The quantitative estimate of drug-likeness (QED) is 0.836. The van der Waals surface area contributed by atoms with Crippen molar-refractivity contribution < 1.29 is 9.84 Å². The molecule has 0 radical (unpaired) electrons. The second-order valence-corrected chi connectivity index (χ2v) is 5.99. The highest BCUT2D eigenvalue weighted by Crippen LogP contribution is 2.22. The summed E-state index contributed by atoms with van der Waals surface area (Å²) in [7, 11) is 0. The van der Waals surface area contributed by atoms with Gasteiger partial charge in [-0.1, -0.05) is 28.8 Å². The van der Waals surface area contributed by atoms with Crippen LogP contribution >= 0.6 is 15.9 Å². The average Bonchev–Trinajstić information content (AvgIpc) is 2.97. The number of rotatable bonds is 6. The van der Waals surface area contributed by atoms with E-state index >= 15 is 0 Å². The van der Waals surface area contributed by atoms with Crippen molar-refractivity contribution in [1.29, 1.82) is 5.26 Å². The van der Waals surface area contributed by atoms with Crippen molar-refractivity contribution in [3.05, 3.63) is 28.2 Å². The molecule has 1 aromatic carbocycles. The van der Waals surface area contributed by atoms with Crippen molar-refractivity contribution in [2.75, 3.05) is 18.5 Å². The molecule has 0 amide bonds. The Morgan fingerprint density at radius 2 is 2.20 bits per heavy atom. The van der Waals surface area contributed by atoms with E-state index in [9.17, 15) is 5.11 Å². The third-order valence-electron chi connectivity index (χ3n) is 3.46. The van der Waals surface area contributed by atoms with Crippen LogP contribution in [0.5, 0.6) is 0 Å². The summed E-state index contributed by atoms with van der Waals surface area (Å²) in [4.78, 5) is 0. The molecule has 5 heteroatoms. The Hall–Kier alpha value is -1.09. The van der Waals surface area contributed by atoms with Crippen LogP contribution in [0.15, 0.2) is 22.7 Å². The molecule has 0 heterocycles. The summed E-state index contributed by atoms with van der Waals surface area (Å²) in [6.45, 7) is 0.721. The first kappa shape index (κ1) is 15.3. The number of aliphatic hydroxyl groups is 1. The first-order chi connectivity index (χ1) is 9.69. The van der Waals surface area contributed by atoms with Gasteiger partial charge in [-0.2, -0.15) is 5.26 Å². The summed E-state index contributed by atoms with van der Waals surface area (Å²) in [6.07, 6.45) is 4.40. The Balaban J connectivity index is 1.78. The Morgan fingerprint density at radius 3 is 2.90 bits per heavy atom. The topological polar surface area (TPSA) is 65.3 Å². The van der Waals surface area contributed by atoms with Gasteiger partial charge in [-0.25, -0.2) is 0 Å². The summed E-state index contributed by atoms with van der Waals surface area (Å²) in [5, 5.41) is 22.1. The van der Waals surface area contributed by atoms with Gasteiger partial charge in [0.1, 0.15) is 6.07 Å². The summed E-state index contributed by atoms with van der Waals surface area (Å²) in [6, 6.07) is 7.58. The van der Waals surface area contributed by atoms with Gasteiger partial charge < -0.3 is 15.2 Å². The lowest BCUT2D eigenvalue weighted by Gasteiger charge is -2.17. The number of nitriles is 1. The molecule has 2 N–H and O–H groups in total. The van der Waals surface area contributed by atoms with Crippen LogP contribution in [0, 0.1) is 11.3 Å². The Bertz CT molecular complexity index is 481. The maximum atomic E-state index is 9.91. The highest BCUT2D eigenvalue weighted by atomic mass is 79.9. The Morgan fingerprint density at radius 1 is 1.45 bits per heavy atom. The standard InChI is InChI=1S/C15H19BrN2O2/c16-12-5-6-15(11(7-12)8-17)18-9-13(19)10-20-14-3-1-2-4-14/h5-7,13-14,18-19H,1-4,9-10H2. The maximum Gasteiger partial charge on any atom is 0.101 e. The normalized spacial score (nSPS) is 16.9. The van der Waals surface area contributed by atoms with E-state index in [4.69, 9.17) is 10.00 Å². The highest BCUT2D eigenvalue weighted by Gasteiger charge is 2.17. The van der Waals surface area contributed by atoms with Gasteiger partial charge in [-0.15, -0.1) is 0 Å². The predicted octanol–water partition coefficient (Wildman–Crippen LogP) is 3.05. The van der Waals surface area contributed by atoms with E-state index in [1.807, 2.05) is 12.1 Å². The lowest BCUT2D eigenvalue weighted by Crippen LogP contribution is -2.27. The van der Waals surface area contributed by atoms with Crippen molar-refractivity contribution >= 4 is 21.6 Å². The number of ether oxygens (including phenoxy) is 1. The number of benzene rings is 1. The van der Waals surface area contributed by atoms with Crippen LogP contribution in [-0.4, -0.2) is 30.5 Å². The Labute approximate surface area is 127 Å². The van der Waals surface area contributed by atoms with Crippen LogP contribution in [0.4, 0.5) is 5.69 Å². The Kier molecular flexibility index (Phi) is 5.84. The molecule has 1 aliphatic rings. The van der Waals surface area contributed by atoms with Gasteiger partial charge in [0.15, 0.2) is 0 Å². The van der Waals surface area contributed by atoms with Gasteiger partial charge in [0, 0.05) is 11.0 Å². The molecular formula is C15H19BrN2O2. The van der Waals surface area contributed by atoms with Crippen molar-refractivity contribution in [2.45, 2.75) is 37.9 Å². The van der Waals surface area contributed by atoms with Gasteiger partial charge in [0.05, 0.1) is 30.1 Å². The highest BCUT2D eigenvalue weighted by molar-refractivity contribution is 9.10. The summed E-state index contributed by atoms with van der Waals surface area (Å²) < 4.78 is 6.53. The number of nitrogens with zero attached hydrogens (tertiary/aromatic N) is 1. The summed E-state index contributed by atoms with van der Waals surface area (Å²) >= 11 is 3.33. The zero-order valence-electron chi connectivity index (χ0n) is 11.3. The van der Waals surface area contributed by atoms with Crippen molar-refractivity contribution in [1.82, 2.24) is 0 Å². The third kappa shape index (κ3) is 4.48. The maximum absolute atomic E-state index is 9.91. The predicted molar refractivity (Wildman–Crippen MR) is 81.6 cm³/mol. The molecule has 20 heavy (non-hydrogen) atoms. The van der Waals surface area contributed by atoms with Crippen molar-refractivity contribution in [3.8, 4) is 6.07 Å². The molecule has 4 nitrogen and oxygen atoms in total. The van der Waals surface area contributed by atoms with Crippen LogP contribution in [0.1, 0.15) is 31.2 Å². The van der Waals surface area contributed by atoms with E-state index < -0.39 is 6.10 Å². The molecule has 1 atom stereocenters. The van der Waals surface area contributed by atoms with Crippen LogP contribution in [0.3, 0.4) is 0 Å². The monoisotopic (exact) mass is 338 g/mol. The zero-order valence-corrected chi connectivity index (χ0v) is 12.9. The molecule has 0 bridgehead atoms. The number of halogens is 1. The van der Waals surface area contributed by atoms with Gasteiger partial charge in [-0.3, -0.25) is 0 Å². The first-order valence-corrected chi connectivity index (χ1v) is 7.71. The molecule has 108 valence electrons. The second kappa shape index (κ2) is 7.63. The zero-order chi connectivity index (χ0) is 14.4. The number of anilines is 1. The van der Waals surface area contributed by atoms with Crippen molar-refractivity contribution in [3.63, 3.8) is 0 Å². The van der Waals surface area contributed by atoms with E-state index in [0.717, 1.165) is 23.0 Å². The van der Waals surface area contributed by atoms with Gasteiger partial charge in [-0.05, 0) is 31.0 Å². The lowest BCUT2D eigenvalue weighted by molar-refractivity contribution is -0.00117. The minimum absolute atomic E-state index is 0.312. The number of hydrogen-bond acceptors (Lipinski definition) is 4. The minimum Gasteiger partial charge on any atom is -0.389 e. The fourth-order valence-corrected chi connectivity index (χ4v) is 2.71. The smallest absolute Gasteiger partial charge is 0.101 e. The molecule has 1 unspecified atom stereocenters. The van der Waals surface area contributed by atoms with E-state index in [0.29, 0.717) is 24.8 Å². The van der Waals surface area contributed by atoms with Gasteiger partial charge in [0.25, 0.3) is 0 Å². The minimum atomic E-state index is -0.564. The van der Waals surface area contributed by atoms with Crippen LogP contribution < -0.4 is 5.32 Å². The molecule has 1 aliphatic carbocycles. The molecule has 2 rings (SSSR count). The fourth-order valence-electron chi connectivity index (χ4n) is 2.35. The number of aliphatic hydroxyl groups excluding tert-OH is 1. The van der Waals surface area contributed by atoms with Crippen LogP contribution in [0.2, 0.25) is 0 Å². The molecule has 0 spiro atoms. The molecule has 0 aliphatic heterocycles. The molecule has 0 saturated heterocycles. The largest absolute Gasteiger partial charge is 0.389 e. The summed E-state index contributed by atoms with van der Waals surface area (Å²) in [5.41, 5.74) is 1.29. The van der Waals surface area contributed by atoms with Crippen molar-refractivity contribution in [2.24, 2.45) is 0 Å². The molecule has 1 aromatic rings. The first-order valence-electron chi connectivity index (χ1n) is 6.92. The van der Waals surface area contributed by atoms with E-state index in [2.05, 4.69) is 27.3 Å². The molecule has 0 aromatic heterocycles. The number of nitrogens with one attached hydrogen (secondary N) is 1. The van der Waals surface area contributed by atoms with E-state index in [1.54, 1.807) is 6.07 Å².